The lowest BCUT2D eigenvalue weighted by atomic mass is 10.2. The largest absolute Gasteiger partial charge is 0.494 e. The van der Waals surface area contributed by atoms with Crippen LogP contribution < -0.4 is 14.2 Å². The van der Waals surface area contributed by atoms with E-state index in [1.165, 1.54) is 24.1 Å². The van der Waals surface area contributed by atoms with Crippen LogP contribution in [0, 0.1) is 17.1 Å². The second-order valence-corrected chi connectivity index (χ2v) is 5.71. The first kappa shape index (κ1) is 20.0. The number of carbonyl (C=O) groups excluding carboxylic acids is 1. The number of hydrogen-bond acceptors (Lipinski definition) is 5. The lowest BCUT2D eigenvalue weighted by molar-refractivity contribution is -0.132. The summed E-state index contributed by atoms with van der Waals surface area (Å²) in [5, 5.41) is 8.96. The molecule has 0 aliphatic carbocycles. The molecule has 7 heteroatoms. The first-order chi connectivity index (χ1) is 13.0. The third kappa shape index (κ3) is 5.35. The number of hydrogen-bond donors (Lipinski definition) is 0. The molecule has 0 saturated heterocycles. The van der Waals surface area contributed by atoms with Crippen LogP contribution in [0.25, 0.3) is 0 Å². The molecule has 2 aromatic rings. The van der Waals surface area contributed by atoms with Crippen molar-refractivity contribution in [3.63, 3.8) is 0 Å². The number of halogens is 1. The number of amides is 1. The van der Waals surface area contributed by atoms with E-state index in [9.17, 15) is 9.18 Å². The number of carbonyl (C=O) groups is 1. The van der Waals surface area contributed by atoms with E-state index in [0.717, 1.165) is 0 Å². The van der Waals surface area contributed by atoms with Gasteiger partial charge >= 0.3 is 0 Å². The summed E-state index contributed by atoms with van der Waals surface area (Å²) in [4.78, 5) is 13.7. The fourth-order valence-electron chi connectivity index (χ4n) is 2.39. The van der Waals surface area contributed by atoms with E-state index in [4.69, 9.17) is 19.5 Å². The first-order valence-corrected chi connectivity index (χ1v) is 8.34. The molecule has 0 atom stereocenters. The Bertz CT molecular complexity index is 848. The summed E-state index contributed by atoms with van der Waals surface area (Å²) in [5.41, 5.74) is 1.08. The third-order valence-corrected chi connectivity index (χ3v) is 3.79. The zero-order chi connectivity index (χ0) is 19.8. The van der Waals surface area contributed by atoms with Gasteiger partial charge in [0.1, 0.15) is 0 Å². The Morgan fingerprint density at radius 3 is 2.52 bits per heavy atom. The number of ether oxygens (including phenoxy) is 3. The van der Waals surface area contributed by atoms with Crippen molar-refractivity contribution in [2.75, 3.05) is 27.4 Å². The molecular formula is C20H21FN2O4. The molecule has 142 valence electrons. The normalized spacial score (nSPS) is 10.0. The lowest BCUT2D eigenvalue weighted by Gasteiger charge is -2.19. The van der Waals surface area contributed by atoms with Gasteiger partial charge in [0.25, 0.3) is 5.91 Å². The summed E-state index contributed by atoms with van der Waals surface area (Å²) in [6, 6.07) is 11.3. The minimum atomic E-state index is -0.481. The topological polar surface area (TPSA) is 71.8 Å². The molecule has 2 aromatic carbocycles. The van der Waals surface area contributed by atoms with Crippen LogP contribution in [0.5, 0.6) is 17.2 Å². The SMILES string of the molecule is CCOc1cc(C#N)ccc1OCC(=O)N(C)Cc1ccc(OC)c(F)c1. The van der Waals surface area contributed by atoms with Gasteiger partial charge in [-0.15, -0.1) is 0 Å². The lowest BCUT2D eigenvalue weighted by Crippen LogP contribution is -2.31. The number of nitrogens with zero attached hydrogens (tertiary/aromatic N) is 2. The van der Waals surface area contributed by atoms with E-state index in [1.54, 1.807) is 31.3 Å². The van der Waals surface area contributed by atoms with Crippen LogP contribution in [-0.2, 0) is 11.3 Å². The van der Waals surface area contributed by atoms with Gasteiger partial charge < -0.3 is 19.1 Å². The highest BCUT2D eigenvalue weighted by Crippen LogP contribution is 2.28. The fraction of sp³-hybridized carbons (Fsp3) is 0.300. The molecule has 1 amide bonds. The number of likely N-dealkylation sites (N-methyl/N-ethyl adjacent to an activating group) is 1. The zero-order valence-electron chi connectivity index (χ0n) is 15.5. The predicted molar refractivity (Wildman–Crippen MR) is 97.2 cm³/mol. The Morgan fingerprint density at radius 1 is 1.15 bits per heavy atom. The van der Waals surface area contributed by atoms with E-state index in [0.29, 0.717) is 29.2 Å². The van der Waals surface area contributed by atoms with Gasteiger partial charge in [-0.05, 0) is 36.8 Å². The van der Waals surface area contributed by atoms with E-state index in [-0.39, 0.29) is 24.8 Å². The van der Waals surface area contributed by atoms with Crippen LogP contribution in [0.15, 0.2) is 36.4 Å². The summed E-state index contributed by atoms with van der Waals surface area (Å²) in [6.45, 7) is 2.24. The first-order valence-electron chi connectivity index (χ1n) is 8.34. The molecule has 0 spiro atoms. The molecule has 27 heavy (non-hydrogen) atoms. The Balaban J connectivity index is 1.99. The van der Waals surface area contributed by atoms with Gasteiger partial charge in [-0.2, -0.15) is 5.26 Å². The fourth-order valence-corrected chi connectivity index (χ4v) is 2.39. The highest BCUT2D eigenvalue weighted by molar-refractivity contribution is 5.77. The molecule has 0 N–H and O–H groups in total. The molecule has 0 fully saturated rings. The summed E-state index contributed by atoms with van der Waals surface area (Å²) in [6.07, 6.45) is 0. The summed E-state index contributed by atoms with van der Waals surface area (Å²) >= 11 is 0. The Morgan fingerprint density at radius 2 is 1.89 bits per heavy atom. The molecule has 0 aromatic heterocycles. The van der Waals surface area contributed by atoms with Crippen molar-refractivity contribution < 1.29 is 23.4 Å². The standard InChI is InChI=1S/C20H21FN2O4/c1-4-26-19-10-14(11-22)5-8-18(19)27-13-20(24)23(2)12-15-6-7-17(25-3)16(21)9-15/h5-10H,4,12-13H2,1-3H3. The number of benzene rings is 2. The second kappa shape index (κ2) is 9.43. The van der Waals surface area contributed by atoms with Crippen molar-refractivity contribution in [2.45, 2.75) is 13.5 Å². The van der Waals surface area contributed by atoms with E-state index in [1.807, 2.05) is 13.0 Å². The number of rotatable bonds is 8. The van der Waals surface area contributed by atoms with Crippen molar-refractivity contribution >= 4 is 5.91 Å². The van der Waals surface area contributed by atoms with Gasteiger partial charge in [0.15, 0.2) is 29.7 Å². The second-order valence-electron chi connectivity index (χ2n) is 5.71. The maximum absolute atomic E-state index is 13.8. The third-order valence-electron chi connectivity index (χ3n) is 3.79. The smallest absolute Gasteiger partial charge is 0.260 e. The van der Waals surface area contributed by atoms with Gasteiger partial charge in [0, 0.05) is 19.7 Å². The number of methoxy groups -OCH3 is 1. The van der Waals surface area contributed by atoms with Crippen LogP contribution in [0.2, 0.25) is 0 Å². The Kier molecular flexibility index (Phi) is 7.00. The summed E-state index contributed by atoms with van der Waals surface area (Å²) < 4.78 is 29.6. The molecular weight excluding hydrogens is 351 g/mol. The van der Waals surface area contributed by atoms with Crippen molar-refractivity contribution in [1.82, 2.24) is 4.90 Å². The molecule has 0 radical (unpaired) electrons. The minimum Gasteiger partial charge on any atom is -0.494 e. The van der Waals surface area contributed by atoms with Gasteiger partial charge in [0.05, 0.1) is 25.3 Å². The maximum Gasteiger partial charge on any atom is 0.260 e. The quantitative estimate of drug-likeness (QED) is 0.712. The average Bonchev–Trinajstić information content (AvgIpc) is 2.67. The van der Waals surface area contributed by atoms with E-state index < -0.39 is 5.82 Å². The van der Waals surface area contributed by atoms with Crippen molar-refractivity contribution in [3.05, 3.63) is 53.3 Å². The zero-order valence-corrected chi connectivity index (χ0v) is 15.5. The van der Waals surface area contributed by atoms with E-state index >= 15 is 0 Å². The van der Waals surface area contributed by atoms with Crippen molar-refractivity contribution in [1.29, 1.82) is 5.26 Å². The molecule has 0 saturated carbocycles. The molecule has 0 heterocycles. The van der Waals surface area contributed by atoms with Crippen molar-refractivity contribution in [3.8, 4) is 23.3 Å². The molecule has 2 rings (SSSR count). The predicted octanol–water partition coefficient (Wildman–Crippen LogP) is 3.14. The maximum atomic E-state index is 13.8. The van der Waals surface area contributed by atoms with Crippen LogP contribution in [0.4, 0.5) is 4.39 Å². The van der Waals surface area contributed by atoms with Gasteiger partial charge in [-0.3, -0.25) is 4.79 Å². The Labute approximate surface area is 157 Å². The minimum absolute atomic E-state index is 0.153. The molecule has 0 bridgehead atoms. The molecule has 6 nitrogen and oxygen atoms in total. The highest BCUT2D eigenvalue weighted by Gasteiger charge is 2.14. The number of nitriles is 1. The van der Waals surface area contributed by atoms with E-state index in [2.05, 4.69) is 0 Å². The highest BCUT2D eigenvalue weighted by atomic mass is 19.1. The van der Waals surface area contributed by atoms with Gasteiger partial charge in [-0.25, -0.2) is 4.39 Å². The Hall–Kier alpha value is -3.27. The monoisotopic (exact) mass is 372 g/mol. The molecule has 0 unspecified atom stereocenters. The summed E-state index contributed by atoms with van der Waals surface area (Å²) in [7, 11) is 3.00. The molecule has 0 aliphatic heterocycles. The average molecular weight is 372 g/mol. The van der Waals surface area contributed by atoms with Crippen LogP contribution in [-0.4, -0.2) is 38.2 Å². The summed E-state index contributed by atoms with van der Waals surface area (Å²) in [5.74, 6) is 0.182. The van der Waals surface area contributed by atoms with Gasteiger partial charge in [-0.1, -0.05) is 6.07 Å². The van der Waals surface area contributed by atoms with Gasteiger partial charge in [0.2, 0.25) is 0 Å². The van der Waals surface area contributed by atoms with Crippen LogP contribution in [0.3, 0.4) is 0 Å². The van der Waals surface area contributed by atoms with Crippen LogP contribution in [0.1, 0.15) is 18.1 Å². The van der Waals surface area contributed by atoms with Crippen molar-refractivity contribution in [2.24, 2.45) is 0 Å². The van der Waals surface area contributed by atoms with Crippen LogP contribution >= 0.6 is 0 Å². The molecule has 0 aliphatic rings.